The lowest BCUT2D eigenvalue weighted by Gasteiger charge is -2.72. The van der Waals surface area contributed by atoms with Crippen LogP contribution in [0.5, 0.6) is 0 Å². The van der Waals surface area contributed by atoms with Crippen molar-refractivity contribution in [2.45, 2.75) is 105 Å². The number of nitriles is 1. The van der Waals surface area contributed by atoms with Gasteiger partial charge in [0.1, 0.15) is 11.2 Å². The van der Waals surface area contributed by atoms with Gasteiger partial charge in [-0.2, -0.15) is 5.26 Å². The molecule has 1 N–H and O–H groups in total. The van der Waals surface area contributed by atoms with Crippen LogP contribution in [0.4, 0.5) is 0 Å². The summed E-state index contributed by atoms with van der Waals surface area (Å²) < 4.78 is 5.68. The van der Waals surface area contributed by atoms with E-state index in [1.165, 1.54) is 0 Å². The van der Waals surface area contributed by atoms with Gasteiger partial charge in [0.2, 0.25) is 0 Å². The maximum Gasteiger partial charge on any atom is 0.160 e. The van der Waals surface area contributed by atoms with Crippen molar-refractivity contribution in [2.75, 3.05) is 6.61 Å². The van der Waals surface area contributed by atoms with E-state index in [0.29, 0.717) is 12.2 Å². The zero-order valence-electron chi connectivity index (χ0n) is 23.1. The standard InChI is InChI=1S/C31H44N2O3/c1-26(2)9-11-31(18-34)12-10-30(6)24(20(31)15-26)21(35)13-23-27(3)14-19-16-33-36-25(19)28(4,17-32)22(27)7-8-29(23,30)5/h16,20,22-24,34H,7-15,18H2,1-6H3/t20?,22-,23?,24?,27+,28+,29-,30-,31?/m1/s1. The summed E-state index contributed by atoms with van der Waals surface area (Å²) in [5.74, 6) is 1.84. The van der Waals surface area contributed by atoms with Crippen molar-refractivity contribution in [3.05, 3.63) is 17.5 Å². The number of hydrogen-bond acceptors (Lipinski definition) is 5. The number of aromatic nitrogens is 1. The topological polar surface area (TPSA) is 87.1 Å². The van der Waals surface area contributed by atoms with Gasteiger partial charge in [-0.15, -0.1) is 0 Å². The maximum atomic E-state index is 14.4. The Morgan fingerprint density at radius 3 is 2.47 bits per heavy atom. The average molecular weight is 493 g/mol. The van der Waals surface area contributed by atoms with Crippen LogP contribution in [-0.4, -0.2) is 22.7 Å². The largest absolute Gasteiger partial charge is 0.396 e. The summed E-state index contributed by atoms with van der Waals surface area (Å²) in [5.41, 5.74) is 0.233. The quantitative estimate of drug-likeness (QED) is 0.501. The maximum absolute atomic E-state index is 14.4. The van der Waals surface area contributed by atoms with Gasteiger partial charge in [-0.05, 0) is 103 Å². The summed E-state index contributed by atoms with van der Waals surface area (Å²) in [5, 5.41) is 25.2. The molecule has 4 fully saturated rings. The fourth-order valence-corrected chi connectivity index (χ4v) is 11.2. The van der Waals surface area contributed by atoms with Crippen LogP contribution in [0.25, 0.3) is 0 Å². The van der Waals surface area contributed by atoms with Crippen LogP contribution in [0.15, 0.2) is 10.7 Å². The highest BCUT2D eigenvalue weighted by Gasteiger charge is 2.72. The first-order valence-electron chi connectivity index (χ1n) is 14.3. The van der Waals surface area contributed by atoms with Gasteiger partial charge in [0.05, 0.1) is 12.3 Å². The molecule has 4 unspecified atom stereocenters. The van der Waals surface area contributed by atoms with Gasteiger partial charge >= 0.3 is 0 Å². The smallest absolute Gasteiger partial charge is 0.160 e. The molecule has 0 amide bonds. The fourth-order valence-electron chi connectivity index (χ4n) is 11.2. The molecule has 5 aliphatic carbocycles. The van der Waals surface area contributed by atoms with Crippen molar-refractivity contribution in [3.63, 3.8) is 0 Å². The zero-order valence-corrected chi connectivity index (χ0v) is 23.1. The van der Waals surface area contributed by atoms with Crippen molar-refractivity contribution < 1.29 is 14.4 Å². The van der Waals surface area contributed by atoms with Crippen molar-refractivity contribution in [1.29, 1.82) is 5.26 Å². The number of aliphatic hydroxyl groups is 1. The predicted molar refractivity (Wildman–Crippen MR) is 137 cm³/mol. The highest BCUT2D eigenvalue weighted by atomic mass is 16.5. The lowest BCUT2D eigenvalue weighted by molar-refractivity contribution is -0.230. The van der Waals surface area contributed by atoms with Crippen LogP contribution in [0.1, 0.15) is 104 Å². The summed E-state index contributed by atoms with van der Waals surface area (Å²) in [6.07, 6.45) is 10.5. The Hall–Kier alpha value is -1.67. The second-order valence-corrected chi connectivity index (χ2v) is 15.3. The Labute approximate surface area is 216 Å². The predicted octanol–water partition coefficient (Wildman–Crippen LogP) is 6.24. The first kappa shape index (κ1) is 24.7. The second-order valence-electron chi connectivity index (χ2n) is 15.3. The summed E-state index contributed by atoms with van der Waals surface area (Å²) in [7, 11) is 0. The van der Waals surface area contributed by atoms with Gasteiger partial charge in [0, 0.05) is 24.5 Å². The average Bonchev–Trinajstić information content (AvgIpc) is 3.29. The van der Waals surface area contributed by atoms with E-state index in [4.69, 9.17) is 4.52 Å². The third-order valence-corrected chi connectivity index (χ3v) is 13.4. The number of carbonyl (C=O) groups is 1. The lowest BCUT2D eigenvalue weighted by Crippen LogP contribution is -2.69. The number of hydrogen-bond donors (Lipinski definition) is 1. The molecule has 1 aromatic heterocycles. The molecule has 4 saturated carbocycles. The molecule has 5 heteroatoms. The highest BCUT2D eigenvalue weighted by molar-refractivity contribution is 5.84. The number of fused-ring (bicyclic) bond motifs is 8. The molecule has 1 heterocycles. The van der Waals surface area contributed by atoms with E-state index in [9.17, 15) is 15.2 Å². The first-order chi connectivity index (χ1) is 16.8. The molecule has 0 radical (unpaired) electrons. The monoisotopic (exact) mass is 492 g/mol. The molecular weight excluding hydrogens is 448 g/mol. The number of nitrogens with zero attached hydrogens (tertiary/aromatic N) is 2. The van der Waals surface area contributed by atoms with E-state index in [2.05, 4.69) is 45.8 Å². The molecule has 0 bridgehead atoms. The minimum absolute atomic E-state index is 0.0189. The molecule has 196 valence electrons. The molecule has 5 aliphatic rings. The van der Waals surface area contributed by atoms with Crippen molar-refractivity contribution in [3.8, 4) is 6.07 Å². The van der Waals surface area contributed by atoms with Crippen molar-refractivity contribution in [1.82, 2.24) is 5.16 Å². The van der Waals surface area contributed by atoms with E-state index in [-0.39, 0.29) is 57.4 Å². The Kier molecular flexibility index (Phi) is 4.96. The van der Waals surface area contributed by atoms with E-state index >= 15 is 0 Å². The lowest BCUT2D eigenvalue weighted by atomic mass is 9.31. The Balaban J connectivity index is 1.46. The Bertz CT molecular complexity index is 1150. The summed E-state index contributed by atoms with van der Waals surface area (Å²) in [4.78, 5) is 14.4. The van der Waals surface area contributed by atoms with E-state index in [1.54, 1.807) is 0 Å². The molecule has 9 atom stereocenters. The van der Waals surface area contributed by atoms with Crippen LogP contribution >= 0.6 is 0 Å². The van der Waals surface area contributed by atoms with Crippen LogP contribution in [0, 0.1) is 62.1 Å². The molecule has 6 rings (SSSR count). The van der Waals surface area contributed by atoms with Crippen LogP contribution in [0.3, 0.4) is 0 Å². The van der Waals surface area contributed by atoms with Gasteiger partial charge in [0.25, 0.3) is 0 Å². The first-order valence-corrected chi connectivity index (χ1v) is 14.3. The molecule has 0 aromatic carbocycles. The van der Waals surface area contributed by atoms with Gasteiger partial charge < -0.3 is 9.63 Å². The molecule has 5 nitrogen and oxygen atoms in total. The Morgan fingerprint density at radius 2 is 1.78 bits per heavy atom. The molecule has 1 aromatic rings. The molecule has 0 aliphatic heterocycles. The van der Waals surface area contributed by atoms with Gasteiger partial charge in [-0.3, -0.25) is 4.79 Å². The number of rotatable bonds is 1. The minimum atomic E-state index is -0.715. The summed E-state index contributed by atoms with van der Waals surface area (Å²) in [6, 6.07) is 2.64. The molecule has 0 spiro atoms. The SMILES string of the molecule is CC1(C)CCC2(CO)CC[C@]3(C)C(C(=O)CC4[C@@]5(C)Cc6cnoc6[C@@](C)(C#N)[C@@H]5CC[C@]43C)C2C1. The fraction of sp³-hybridized carbons (Fsp3) is 0.839. The second kappa shape index (κ2) is 7.25. The van der Waals surface area contributed by atoms with Gasteiger partial charge in [0.15, 0.2) is 5.76 Å². The van der Waals surface area contributed by atoms with Crippen molar-refractivity contribution >= 4 is 5.78 Å². The third kappa shape index (κ3) is 2.75. The summed E-state index contributed by atoms with van der Waals surface area (Å²) in [6.45, 7) is 14.3. The van der Waals surface area contributed by atoms with Crippen LogP contribution in [-0.2, 0) is 16.6 Å². The third-order valence-electron chi connectivity index (χ3n) is 13.4. The molecule has 36 heavy (non-hydrogen) atoms. The Morgan fingerprint density at radius 1 is 1.06 bits per heavy atom. The molecule has 0 saturated heterocycles. The van der Waals surface area contributed by atoms with Gasteiger partial charge in [-0.1, -0.05) is 39.8 Å². The van der Waals surface area contributed by atoms with Gasteiger partial charge in [-0.25, -0.2) is 0 Å². The van der Waals surface area contributed by atoms with Crippen LogP contribution < -0.4 is 0 Å². The normalized spacial score (nSPS) is 51.1. The zero-order chi connectivity index (χ0) is 25.9. The highest BCUT2D eigenvalue weighted by Crippen LogP contribution is 2.75. The molecular formula is C31H44N2O3. The minimum Gasteiger partial charge on any atom is -0.396 e. The van der Waals surface area contributed by atoms with Crippen LogP contribution in [0.2, 0.25) is 0 Å². The van der Waals surface area contributed by atoms with E-state index < -0.39 is 5.41 Å². The van der Waals surface area contributed by atoms with E-state index in [1.807, 2.05) is 13.1 Å². The van der Waals surface area contributed by atoms with Crippen molar-refractivity contribution in [2.24, 2.45) is 50.7 Å². The number of carbonyl (C=O) groups excluding carboxylic acids is 1. The van der Waals surface area contributed by atoms with E-state index in [0.717, 1.165) is 62.7 Å². The number of ketones is 1. The number of aliphatic hydroxyl groups excluding tert-OH is 1. The summed E-state index contributed by atoms with van der Waals surface area (Å²) >= 11 is 0. The number of Topliss-reactive ketones (excluding diaryl/α,β-unsaturated/α-hetero) is 1.